The number of piperidine rings is 1. The maximum absolute atomic E-state index is 13.1. The van der Waals surface area contributed by atoms with Gasteiger partial charge in [0.2, 0.25) is 0 Å². The van der Waals surface area contributed by atoms with Gasteiger partial charge in [-0.15, -0.1) is 0 Å². The molecule has 0 saturated carbocycles. The maximum Gasteiger partial charge on any atom is 0.255 e. The minimum atomic E-state index is 0.255. The molecule has 3 aliphatic heterocycles. The van der Waals surface area contributed by atoms with Crippen LogP contribution in [-0.4, -0.2) is 40.9 Å². The zero-order chi connectivity index (χ0) is 15.6. The van der Waals surface area contributed by atoms with Crippen LogP contribution < -0.4 is 0 Å². The summed E-state index contributed by atoms with van der Waals surface area (Å²) < 4.78 is 0. The molecule has 0 aromatic heterocycles. The third kappa shape index (κ3) is 1.89. The summed E-state index contributed by atoms with van der Waals surface area (Å²) in [6.07, 6.45) is 4.89. The van der Waals surface area contributed by atoms with Crippen molar-refractivity contribution >= 4 is 16.7 Å². The van der Waals surface area contributed by atoms with E-state index in [4.69, 9.17) is 0 Å². The normalized spacial score (nSPS) is 30.2. The van der Waals surface area contributed by atoms with Crippen molar-refractivity contribution < 1.29 is 4.79 Å². The molecule has 2 aromatic rings. The molecule has 3 aliphatic rings. The molecule has 3 nitrogen and oxygen atoms in total. The van der Waals surface area contributed by atoms with E-state index in [-0.39, 0.29) is 5.91 Å². The predicted molar refractivity (Wildman–Crippen MR) is 91.4 cm³/mol. The number of carbonyl (C=O) groups excluding carboxylic acids is 1. The van der Waals surface area contributed by atoms with Gasteiger partial charge in [-0.2, -0.15) is 0 Å². The molecule has 2 aromatic carbocycles. The Balaban J connectivity index is 1.51. The van der Waals surface area contributed by atoms with Gasteiger partial charge in [-0.1, -0.05) is 36.4 Å². The number of hydrogen-bond acceptors (Lipinski definition) is 2. The largest absolute Gasteiger partial charge is 0.331 e. The molecule has 0 aliphatic carbocycles. The Labute approximate surface area is 136 Å². The fourth-order valence-electron chi connectivity index (χ4n) is 5.03. The standard InChI is InChI=1S/C20H22N2O/c1-21-15-8-9-16(21)11-17(10-15)22-12-14-7-6-13-4-2-3-5-18(13)19(14)20(22)23/h2-7,15-17H,8-12H2,1H3. The molecule has 2 atom stereocenters. The van der Waals surface area contributed by atoms with E-state index in [1.54, 1.807) is 0 Å². The van der Waals surface area contributed by atoms with Crippen LogP contribution in [0, 0.1) is 0 Å². The van der Waals surface area contributed by atoms with Gasteiger partial charge in [-0.3, -0.25) is 4.79 Å². The third-order valence-electron chi connectivity index (χ3n) is 6.34. The first kappa shape index (κ1) is 13.6. The van der Waals surface area contributed by atoms with Gasteiger partial charge >= 0.3 is 0 Å². The average Bonchev–Trinajstić information content (AvgIpc) is 2.99. The summed E-state index contributed by atoms with van der Waals surface area (Å²) in [4.78, 5) is 17.8. The van der Waals surface area contributed by atoms with E-state index in [0.717, 1.165) is 30.3 Å². The zero-order valence-electron chi connectivity index (χ0n) is 13.5. The Morgan fingerprint density at radius 3 is 2.48 bits per heavy atom. The van der Waals surface area contributed by atoms with E-state index in [2.05, 4.69) is 41.1 Å². The smallest absolute Gasteiger partial charge is 0.255 e. The SMILES string of the molecule is CN1C2CCC1CC(N1Cc3ccc4ccccc4c3C1=O)C2. The summed E-state index contributed by atoms with van der Waals surface area (Å²) >= 11 is 0. The second-order valence-corrected chi connectivity index (χ2v) is 7.43. The first-order chi connectivity index (χ1) is 11.2. The molecule has 0 N–H and O–H groups in total. The van der Waals surface area contributed by atoms with Crippen molar-refractivity contribution in [2.75, 3.05) is 7.05 Å². The van der Waals surface area contributed by atoms with Gasteiger partial charge < -0.3 is 9.80 Å². The Morgan fingerprint density at radius 2 is 1.70 bits per heavy atom. The zero-order valence-corrected chi connectivity index (χ0v) is 13.5. The molecular formula is C20H22N2O. The van der Waals surface area contributed by atoms with Gasteiger partial charge in [0.25, 0.3) is 5.91 Å². The van der Waals surface area contributed by atoms with E-state index < -0.39 is 0 Å². The van der Waals surface area contributed by atoms with Crippen LogP contribution in [0.3, 0.4) is 0 Å². The highest BCUT2D eigenvalue weighted by atomic mass is 16.2. The summed E-state index contributed by atoms with van der Waals surface area (Å²) in [5.74, 6) is 0.255. The number of carbonyl (C=O) groups is 1. The van der Waals surface area contributed by atoms with Crippen LogP contribution in [0.2, 0.25) is 0 Å². The van der Waals surface area contributed by atoms with Crippen LogP contribution in [0.15, 0.2) is 36.4 Å². The predicted octanol–water partition coefficient (Wildman–Crippen LogP) is 3.42. The van der Waals surface area contributed by atoms with Crippen LogP contribution in [0.25, 0.3) is 10.8 Å². The lowest BCUT2D eigenvalue weighted by Crippen LogP contribution is -2.49. The highest BCUT2D eigenvalue weighted by Crippen LogP contribution is 2.39. The lowest BCUT2D eigenvalue weighted by molar-refractivity contribution is 0.0508. The first-order valence-electron chi connectivity index (χ1n) is 8.76. The lowest BCUT2D eigenvalue weighted by atomic mass is 9.96. The first-order valence-corrected chi connectivity index (χ1v) is 8.76. The van der Waals surface area contributed by atoms with Gasteiger partial charge in [0.1, 0.15) is 0 Å². The molecule has 1 amide bonds. The van der Waals surface area contributed by atoms with Crippen molar-refractivity contribution in [1.29, 1.82) is 0 Å². The van der Waals surface area contributed by atoms with Crippen LogP contribution in [0.1, 0.15) is 41.6 Å². The van der Waals surface area contributed by atoms with Gasteiger partial charge in [-0.05, 0) is 49.1 Å². The molecule has 2 fully saturated rings. The molecule has 2 bridgehead atoms. The van der Waals surface area contributed by atoms with Crippen molar-refractivity contribution in [3.05, 3.63) is 47.5 Å². The lowest BCUT2D eigenvalue weighted by Gasteiger charge is -2.40. The van der Waals surface area contributed by atoms with Crippen molar-refractivity contribution in [3.8, 4) is 0 Å². The minimum Gasteiger partial charge on any atom is -0.331 e. The molecular weight excluding hydrogens is 284 g/mol. The third-order valence-corrected chi connectivity index (χ3v) is 6.34. The van der Waals surface area contributed by atoms with Gasteiger partial charge in [0.15, 0.2) is 0 Å². The van der Waals surface area contributed by atoms with Gasteiger partial charge in [0.05, 0.1) is 5.56 Å². The number of hydrogen-bond donors (Lipinski definition) is 0. The Bertz CT molecular complexity index is 785. The van der Waals surface area contributed by atoms with E-state index in [9.17, 15) is 4.79 Å². The number of fused-ring (bicyclic) bond motifs is 5. The van der Waals surface area contributed by atoms with Crippen LogP contribution >= 0.6 is 0 Å². The van der Waals surface area contributed by atoms with Gasteiger partial charge in [0, 0.05) is 24.7 Å². The highest BCUT2D eigenvalue weighted by Gasteiger charge is 2.43. The molecule has 3 heterocycles. The maximum atomic E-state index is 13.1. The summed E-state index contributed by atoms with van der Waals surface area (Å²) in [6.45, 7) is 0.798. The van der Waals surface area contributed by atoms with Crippen molar-refractivity contribution in [2.45, 2.75) is 50.4 Å². The molecule has 2 unspecified atom stereocenters. The van der Waals surface area contributed by atoms with E-state index >= 15 is 0 Å². The molecule has 5 rings (SSSR count). The summed E-state index contributed by atoms with van der Waals surface area (Å²) in [5.41, 5.74) is 2.16. The van der Waals surface area contributed by atoms with Gasteiger partial charge in [-0.25, -0.2) is 0 Å². The minimum absolute atomic E-state index is 0.255. The number of amides is 1. The van der Waals surface area contributed by atoms with Crippen LogP contribution in [0.4, 0.5) is 0 Å². The summed E-state index contributed by atoms with van der Waals surface area (Å²) in [5, 5.41) is 2.29. The van der Waals surface area contributed by atoms with Crippen molar-refractivity contribution in [3.63, 3.8) is 0 Å². The quantitative estimate of drug-likeness (QED) is 0.806. The highest BCUT2D eigenvalue weighted by molar-refractivity contribution is 6.10. The summed E-state index contributed by atoms with van der Waals surface area (Å²) in [7, 11) is 2.26. The van der Waals surface area contributed by atoms with Crippen molar-refractivity contribution in [1.82, 2.24) is 9.80 Å². The van der Waals surface area contributed by atoms with E-state index in [1.165, 1.54) is 23.8 Å². The molecule has 118 valence electrons. The van der Waals surface area contributed by atoms with Crippen LogP contribution in [-0.2, 0) is 6.54 Å². The molecule has 2 saturated heterocycles. The fourth-order valence-corrected chi connectivity index (χ4v) is 5.03. The Morgan fingerprint density at radius 1 is 0.957 bits per heavy atom. The second kappa shape index (κ2) is 4.81. The van der Waals surface area contributed by atoms with E-state index in [0.29, 0.717) is 18.1 Å². The number of rotatable bonds is 1. The molecule has 0 spiro atoms. The molecule has 3 heteroatoms. The Hall–Kier alpha value is -1.87. The van der Waals surface area contributed by atoms with Crippen LogP contribution in [0.5, 0.6) is 0 Å². The number of nitrogens with zero attached hydrogens (tertiary/aromatic N) is 2. The second-order valence-electron chi connectivity index (χ2n) is 7.43. The summed E-state index contributed by atoms with van der Waals surface area (Å²) in [6, 6.07) is 14.3. The molecule has 23 heavy (non-hydrogen) atoms. The Kier molecular flexibility index (Phi) is 2.84. The monoisotopic (exact) mass is 306 g/mol. The average molecular weight is 306 g/mol. The number of benzene rings is 2. The fraction of sp³-hybridized carbons (Fsp3) is 0.450. The topological polar surface area (TPSA) is 23.6 Å². The molecule has 0 radical (unpaired) electrons. The van der Waals surface area contributed by atoms with E-state index in [1.807, 2.05) is 12.1 Å². The van der Waals surface area contributed by atoms with Crippen molar-refractivity contribution in [2.24, 2.45) is 0 Å².